The molecule has 2 aromatic rings. The van der Waals surface area contributed by atoms with Gasteiger partial charge in [0.25, 0.3) is 5.91 Å². The average molecular weight is 337 g/mol. The van der Waals surface area contributed by atoms with E-state index in [0.29, 0.717) is 12.2 Å². The van der Waals surface area contributed by atoms with Crippen molar-refractivity contribution in [3.63, 3.8) is 0 Å². The van der Waals surface area contributed by atoms with Crippen molar-refractivity contribution in [2.75, 3.05) is 20.1 Å². The molecule has 0 spiro atoms. The van der Waals surface area contributed by atoms with Gasteiger partial charge in [0.2, 0.25) is 0 Å². The monoisotopic (exact) mass is 337 g/mol. The molecular weight excluding hydrogens is 314 g/mol. The maximum atomic E-state index is 12.2. The van der Waals surface area contributed by atoms with Crippen LogP contribution in [0, 0.1) is 0 Å². The quantitative estimate of drug-likeness (QED) is 0.796. The van der Waals surface area contributed by atoms with Gasteiger partial charge in [0.05, 0.1) is 0 Å². The molecule has 0 bridgehead atoms. The molecule has 1 aliphatic rings. The molecule has 0 unspecified atom stereocenters. The standard InChI is InChI=1S/C20H23N3O2/c1-23-13-11-18(12-14-23)21-22-20(24)17-9-7-16(8-10-17)15-25-19-5-3-2-4-6-19/h2-11,21H,12-15H2,1H3,(H,22,24). The van der Waals surface area contributed by atoms with Crippen molar-refractivity contribution < 1.29 is 9.53 Å². The van der Waals surface area contributed by atoms with Crippen LogP contribution < -0.4 is 15.6 Å². The fraction of sp³-hybridized carbons (Fsp3) is 0.250. The van der Waals surface area contributed by atoms with Gasteiger partial charge in [-0.15, -0.1) is 0 Å². The second-order valence-corrected chi connectivity index (χ2v) is 6.12. The van der Waals surface area contributed by atoms with E-state index in [1.54, 1.807) is 0 Å². The molecule has 5 nitrogen and oxygen atoms in total. The van der Waals surface area contributed by atoms with E-state index in [2.05, 4.69) is 28.9 Å². The van der Waals surface area contributed by atoms with Crippen molar-refractivity contribution >= 4 is 5.91 Å². The molecule has 130 valence electrons. The number of carbonyl (C=O) groups excluding carboxylic acids is 1. The summed E-state index contributed by atoms with van der Waals surface area (Å²) in [6.07, 6.45) is 3.00. The Labute approximate surface area is 148 Å². The van der Waals surface area contributed by atoms with Gasteiger partial charge in [0.15, 0.2) is 0 Å². The van der Waals surface area contributed by atoms with Gasteiger partial charge in [-0.1, -0.05) is 30.3 Å². The van der Waals surface area contributed by atoms with Gasteiger partial charge >= 0.3 is 0 Å². The molecular formula is C20H23N3O2. The van der Waals surface area contributed by atoms with Crippen molar-refractivity contribution in [1.82, 2.24) is 15.8 Å². The zero-order chi connectivity index (χ0) is 17.5. The third kappa shape index (κ3) is 5.09. The van der Waals surface area contributed by atoms with Crippen LogP contribution in [0.25, 0.3) is 0 Å². The Kier molecular flexibility index (Phi) is 5.69. The zero-order valence-electron chi connectivity index (χ0n) is 14.4. The van der Waals surface area contributed by atoms with E-state index in [-0.39, 0.29) is 5.91 Å². The highest BCUT2D eigenvalue weighted by Gasteiger charge is 2.09. The Morgan fingerprint density at radius 2 is 1.88 bits per heavy atom. The highest BCUT2D eigenvalue weighted by molar-refractivity contribution is 5.93. The molecule has 1 heterocycles. The van der Waals surface area contributed by atoms with E-state index in [0.717, 1.165) is 36.5 Å². The second-order valence-electron chi connectivity index (χ2n) is 6.12. The first-order valence-corrected chi connectivity index (χ1v) is 8.41. The topological polar surface area (TPSA) is 53.6 Å². The molecule has 0 fully saturated rings. The number of benzene rings is 2. The smallest absolute Gasteiger partial charge is 0.269 e. The maximum Gasteiger partial charge on any atom is 0.269 e. The third-order valence-corrected chi connectivity index (χ3v) is 4.11. The number of amides is 1. The van der Waals surface area contributed by atoms with Crippen molar-refractivity contribution in [3.8, 4) is 5.75 Å². The maximum absolute atomic E-state index is 12.2. The molecule has 2 aromatic carbocycles. The van der Waals surface area contributed by atoms with Gasteiger partial charge in [-0.25, -0.2) is 0 Å². The predicted octanol–water partition coefficient (Wildman–Crippen LogP) is 2.72. The van der Waals surface area contributed by atoms with Crippen molar-refractivity contribution in [1.29, 1.82) is 0 Å². The van der Waals surface area contributed by atoms with Crippen molar-refractivity contribution in [2.45, 2.75) is 13.0 Å². The van der Waals surface area contributed by atoms with Crippen molar-refractivity contribution in [2.24, 2.45) is 0 Å². The summed E-state index contributed by atoms with van der Waals surface area (Å²) in [7, 11) is 2.08. The van der Waals surface area contributed by atoms with E-state index in [1.165, 1.54) is 0 Å². The van der Waals surface area contributed by atoms with Gasteiger partial charge in [-0.2, -0.15) is 0 Å². The molecule has 25 heavy (non-hydrogen) atoms. The molecule has 0 aliphatic carbocycles. The molecule has 1 amide bonds. The van der Waals surface area contributed by atoms with Crippen LogP contribution in [0.5, 0.6) is 5.75 Å². The molecule has 0 radical (unpaired) electrons. The minimum absolute atomic E-state index is 0.143. The lowest BCUT2D eigenvalue weighted by Crippen LogP contribution is -2.39. The van der Waals surface area contributed by atoms with Gasteiger partial charge < -0.3 is 15.1 Å². The number of hydrogen-bond donors (Lipinski definition) is 2. The molecule has 0 saturated carbocycles. The van der Waals surface area contributed by atoms with Gasteiger partial charge in [-0.05, 0) is 43.0 Å². The summed E-state index contributed by atoms with van der Waals surface area (Å²) in [5.41, 5.74) is 8.46. The highest BCUT2D eigenvalue weighted by Crippen LogP contribution is 2.12. The fourth-order valence-corrected chi connectivity index (χ4v) is 2.53. The Balaban J connectivity index is 1.48. The largest absolute Gasteiger partial charge is 0.489 e. The lowest BCUT2D eigenvalue weighted by Gasteiger charge is -2.22. The SMILES string of the molecule is CN1CC=C(NNC(=O)c2ccc(COc3ccccc3)cc2)CC1. The lowest BCUT2D eigenvalue weighted by molar-refractivity contribution is 0.0937. The summed E-state index contributed by atoms with van der Waals surface area (Å²) in [6.45, 7) is 2.36. The average Bonchev–Trinajstić information content (AvgIpc) is 2.67. The van der Waals surface area contributed by atoms with Gasteiger partial charge in [0, 0.05) is 30.8 Å². The minimum atomic E-state index is -0.143. The summed E-state index contributed by atoms with van der Waals surface area (Å²) in [4.78, 5) is 14.4. The Morgan fingerprint density at radius 1 is 1.12 bits per heavy atom. The number of nitrogens with zero attached hydrogens (tertiary/aromatic N) is 1. The molecule has 3 rings (SSSR count). The number of carbonyl (C=O) groups is 1. The van der Waals surface area contributed by atoms with Crippen LogP contribution in [0.2, 0.25) is 0 Å². The summed E-state index contributed by atoms with van der Waals surface area (Å²) in [5.74, 6) is 0.690. The molecule has 2 N–H and O–H groups in total. The van der Waals surface area contributed by atoms with Crippen molar-refractivity contribution in [3.05, 3.63) is 77.5 Å². The van der Waals surface area contributed by atoms with Crippen LogP contribution >= 0.6 is 0 Å². The predicted molar refractivity (Wildman–Crippen MR) is 98.0 cm³/mol. The van der Waals surface area contributed by atoms with E-state index >= 15 is 0 Å². The first-order chi connectivity index (χ1) is 12.2. The van der Waals surface area contributed by atoms with Crippen LogP contribution in [-0.2, 0) is 6.61 Å². The van der Waals surface area contributed by atoms with E-state index < -0.39 is 0 Å². The number of likely N-dealkylation sites (N-methyl/N-ethyl adjacent to an activating group) is 1. The zero-order valence-corrected chi connectivity index (χ0v) is 14.4. The Bertz CT molecular complexity index is 726. The van der Waals surface area contributed by atoms with E-state index in [9.17, 15) is 4.79 Å². The first-order valence-electron chi connectivity index (χ1n) is 8.41. The Hall–Kier alpha value is -2.79. The summed E-state index contributed by atoms with van der Waals surface area (Å²) < 4.78 is 5.70. The Morgan fingerprint density at radius 3 is 2.56 bits per heavy atom. The number of ether oxygens (including phenoxy) is 1. The van der Waals surface area contributed by atoms with Gasteiger partial charge in [-0.3, -0.25) is 10.2 Å². The van der Waals surface area contributed by atoms with Crippen LogP contribution in [0.1, 0.15) is 22.3 Å². The van der Waals surface area contributed by atoms with Crippen LogP contribution in [0.3, 0.4) is 0 Å². The minimum Gasteiger partial charge on any atom is -0.489 e. The highest BCUT2D eigenvalue weighted by atomic mass is 16.5. The van der Waals surface area contributed by atoms with Crippen LogP contribution in [-0.4, -0.2) is 30.9 Å². The number of para-hydroxylation sites is 1. The second kappa shape index (κ2) is 8.35. The van der Waals surface area contributed by atoms with Crippen LogP contribution in [0.15, 0.2) is 66.4 Å². The van der Waals surface area contributed by atoms with Gasteiger partial charge in [0.1, 0.15) is 12.4 Å². The summed E-state index contributed by atoms with van der Waals surface area (Å²) in [5, 5.41) is 0. The fourth-order valence-electron chi connectivity index (χ4n) is 2.53. The number of nitrogens with one attached hydrogen (secondary N) is 2. The van der Waals surface area contributed by atoms with E-state index in [4.69, 9.17) is 4.74 Å². The van der Waals surface area contributed by atoms with E-state index in [1.807, 2.05) is 54.6 Å². The third-order valence-electron chi connectivity index (χ3n) is 4.11. The summed E-state index contributed by atoms with van der Waals surface area (Å²) >= 11 is 0. The summed E-state index contributed by atoms with van der Waals surface area (Å²) in [6, 6.07) is 17.1. The number of hydrazine groups is 1. The van der Waals surface area contributed by atoms with Crippen LogP contribution in [0.4, 0.5) is 0 Å². The lowest BCUT2D eigenvalue weighted by atomic mass is 10.1. The normalized spacial score (nSPS) is 14.5. The molecule has 1 aliphatic heterocycles. The molecule has 0 atom stereocenters. The number of hydrogen-bond acceptors (Lipinski definition) is 4. The first kappa shape index (κ1) is 17.0. The molecule has 0 aromatic heterocycles. The molecule has 0 saturated heterocycles. The number of rotatable bonds is 6. The molecule has 5 heteroatoms.